The molecule has 10 heteroatoms. The average Bonchev–Trinajstić information content (AvgIpc) is 2.71. The van der Waals surface area contributed by atoms with E-state index in [1.54, 1.807) is 30.3 Å². The largest absolute Gasteiger partial charge is 0.480 e. The van der Waals surface area contributed by atoms with Gasteiger partial charge in [0.1, 0.15) is 18.1 Å². The van der Waals surface area contributed by atoms with Crippen molar-refractivity contribution < 1.29 is 29.4 Å². The number of aliphatic hydroxyl groups excluding tert-OH is 1. The van der Waals surface area contributed by atoms with Crippen LogP contribution in [0.1, 0.15) is 32.8 Å². The predicted octanol–water partition coefficient (Wildman–Crippen LogP) is -0.846. The van der Waals surface area contributed by atoms with E-state index in [1.807, 2.05) is 13.8 Å². The number of aliphatic carboxylic acids is 1. The summed E-state index contributed by atoms with van der Waals surface area (Å²) in [6.45, 7) is 4.47. The van der Waals surface area contributed by atoms with Gasteiger partial charge in [0.15, 0.2) is 0 Å². The third kappa shape index (κ3) is 9.14. The zero-order valence-electron chi connectivity index (χ0n) is 18.0. The molecule has 1 aromatic rings. The fourth-order valence-electron chi connectivity index (χ4n) is 2.81. The molecule has 1 aromatic carbocycles. The van der Waals surface area contributed by atoms with Crippen molar-refractivity contribution >= 4 is 23.7 Å². The molecule has 0 aliphatic rings. The first kappa shape index (κ1) is 26.1. The fourth-order valence-corrected chi connectivity index (χ4v) is 2.81. The van der Waals surface area contributed by atoms with Crippen molar-refractivity contribution in [2.24, 2.45) is 11.7 Å². The smallest absolute Gasteiger partial charge is 0.326 e. The Labute approximate surface area is 181 Å². The number of nitrogens with one attached hydrogen (secondary N) is 3. The van der Waals surface area contributed by atoms with Crippen molar-refractivity contribution in [3.05, 3.63) is 35.9 Å². The highest BCUT2D eigenvalue weighted by Gasteiger charge is 2.28. The molecule has 3 amide bonds. The molecule has 4 unspecified atom stereocenters. The van der Waals surface area contributed by atoms with Crippen LogP contribution < -0.4 is 21.7 Å². The Hall–Kier alpha value is -2.98. The van der Waals surface area contributed by atoms with Gasteiger partial charge in [0.25, 0.3) is 0 Å². The number of carboxylic acids is 1. The minimum atomic E-state index is -1.29. The molecular weight excluding hydrogens is 404 g/mol. The number of hydrogen-bond acceptors (Lipinski definition) is 6. The van der Waals surface area contributed by atoms with Gasteiger partial charge in [-0.15, -0.1) is 0 Å². The molecule has 0 heterocycles. The second kappa shape index (κ2) is 12.7. The van der Waals surface area contributed by atoms with E-state index in [0.717, 1.165) is 5.56 Å². The minimum absolute atomic E-state index is 0.0750. The van der Waals surface area contributed by atoms with Crippen molar-refractivity contribution in [1.82, 2.24) is 16.0 Å². The number of benzene rings is 1. The van der Waals surface area contributed by atoms with E-state index in [1.165, 1.54) is 6.92 Å². The van der Waals surface area contributed by atoms with Gasteiger partial charge in [0, 0.05) is 6.42 Å². The maximum absolute atomic E-state index is 12.4. The zero-order chi connectivity index (χ0) is 23.6. The van der Waals surface area contributed by atoms with Crippen LogP contribution in [0.2, 0.25) is 0 Å². The Balaban J connectivity index is 2.66. The van der Waals surface area contributed by atoms with Crippen LogP contribution >= 0.6 is 0 Å². The van der Waals surface area contributed by atoms with Gasteiger partial charge in [-0.25, -0.2) is 4.79 Å². The summed E-state index contributed by atoms with van der Waals surface area (Å²) in [4.78, 5) is 48.3. The van der Waals surface area contributed by atoms with Crippen molar-refractivity contribution in [1.29, 1.82) is 0 Å². The summed E-state index contributed by atoms with van der Waals surface area (Å²) in [5, 5.41) is 25.9. The fraction of sp³-hybridized carbons (Fsp3) is 0.524. The third-order valence-corrected chi connectivity index (χ3v) is 4.53. The van der Waals surface area contributed by atoms with Crippen LogP contribution in [0.3, 0.4) is 0 Å². The predicted molar refractivity (Wildman–Crippen MR) is 114 cm³/mol. The number of carbonyl (C=O) groups is 4. The molecule has 172 valence electrons. The van der Waals surface area contributed by atoms with E-state index in [2.05, 4.69) is 16.0 Å². The van der Waals surface area contributed by atoms with Crippen LogP contribution in [-0.4, -0.2) is 64.7 Å². The molecule has 0 fully saturated rings. The van der Waals surface area contributed by atoms with Crippen LogP contribution in [-0.2, 0) is 25.6 Å². The number of aliphatic hydroxyl groups is 1. The zero-order valence-corrected chi connectivity index (χ0v) is 18.0. The Morgan fingerprint density at radius 1 is 0.903 bits per heavy atom. The standard InChI is InChI=1S/C21H32N4O6/c1-12(2)9-15(22)19(28)25-17(11-26)20(29)23-13(3)18(27)24-16(21(30)31)10-14-7-5-4-6-8-14/h4-8,12-13,15-17,26H,9-11,22H2,1-3H3,(H,23,29)(H,24,27)(H,25,28)(H,30,31). The molecule has 0 aliphatic heterocycles. The second-order valence-corrected chi connectivity index (χ2v) is 7.80. The molecule has 4 atom stereocenters. The maximum Gasteiger partial charge on any atom is 0.326 e. The number of carbonyl (C=O) groups excluding carboxylic acids is 3. The van der Waals surface area contributed by atoms with E-state index in [-0.39, 0.29) is 12.3 Å². The van der Waals surface area contributed by atoms with E-state index >= 15 is 0 Å². The maximum atomic E-state index is 12.4. The molecule has 31 heavy (non-hydrogen) atoms. The molecule has 7 N–H and O–H groups in total. The van der Waals surface area contributed by atoms with Crippen molar-refractivity contribution in [2.75, 3.05) is 6.61 Å². The first-order chi connectivity index (χ1) is 14.5. The van der Waals surface area contributed by atoms with Gasteiger partial charge in [0.05, 0.1) is 12.6 Å². The SMILES string of the molecule is CC(C)CC(N)C(=O)NC(CO)C(=O)NC(C)C(=O)NC(Cc1ccccc1)C(=O)O. The summed E-state index contributed by atoms with van der Waals surface area (Å²) >= 11 is 0. The molecule has 10 nitrogen and oxygen atoms in total. The van der Waals surface area contributed by atoms with Gasteiger partial charge < -0.3 is 31.9 Å². The van der Waals surface area contributed by atoms with Crippen LogP contribution in [0, 0.1) is 5.92 Å². The summed E-state index contributed by atoms with van der Waals surface area (Å²) in [6, 6.07) is 4.39. The van der Waals surface area contributed by atoms with Crippen molar-refractivity contribution in [2.45, 2.75) is 57.8 Å². The topological polar surface area (TPSA) is 171 Å². The first-order valence-corrected chi connectivity index (χ1v) is 10.1. The normalized spacial score (nSPS) is 14.8. The van der Waals surface area contributed by atoms with Crippen LogP contribution in [0.5, 0.6) is 0 Å². The summed E-state index contributed by atoms with van der Waals surface area (Å²) in [7, 11) is 0. The lowest BCUT2D eigenvalue weighted by atomic mass is 10.0. The summed E-state index contributed by atoms with van der Waals surface area (Å²) in [6.07, 6.45) is 0.480. The highest BCUT2D eigenvalue weighted by atomic mass is 16.4. The highest BCUT2D eigenvalue weighted by molar-refractivity contribution is 5.94. The molecule has 0 radical (unpaired) electrons. The number of hydrogen-bond donors (Lipinski definition) is 6. The number of nitrogens with two attached hydrogens (primary N) is 1. The molecule has 0 aliphatic carbocycles. The van der Waals surface area contributed by atoms with E-state index in [0.29, 0.717) is 6.42 Å². The highest BCUT2D eigenvalue weighted by Crippen LogP contribution is 2.05. The van der Waals surface area contributed by atoms with Crippen LogP contribution in [0.25, 0.3) is 0 Å². The van der Waals surface area contributed by atoms with Gasteiger partial charge in [-0.2, -0.15) is 0 Å². The molecular formula is C21H32N4O6. The van der Waals surface area contributed by atoms with Gasteiger partial charge in [-0.3, -0.25) is 14.4 Å². The van der Waals surface area contributed by atoms with Crippen LogP contribution in [0.4, 0.5) is 0 Å². The first-order valence-electron chi connectivity index (χ1n) is 10.1. The molecule has 0 bridgehead atoms. The van der Waals surface area contributed by atoms with E-state index in [4.69, 9.17) is 5.73 Å². The monoisotopic (exact) mass is 436 g/mol. The Morgan fingerprint density at radius 2 is 1.48 bits per heavy atom. The lowest BCUT2D eigenvalue weighted by Gasteiger charge is -2.23. The molecule has 0 aromatic heterocycles. The summed E-state index contributed by atoms with van der Waals surface area (Å²) in [5.41, 5.74) is 6.50. The van der Waals surface area contributed by atoms with Gasteiger partial charge >= 0.3 is 5.97 Å². The van der Waals surface area contributed by atoms with Gasteiger partial charge in [-0.1, -0.05) is 44.2 Å². The lowest BCUT2D eigenvalue weighted by Crippen LogP contribution is -2.57. The van der Waals surface area contributed by atoms with Crippen LogP contribution in [0.15, 0.2) is 30.3 Å². The minimum Gasteiger partial charge on any atom is -0.480 e. The Morgan fingerprint density at radius 3 is 2.00 bits per heavy atom. The van der Waals surface area contributed by atoms with Crippen molar-refractivity contribution in [3.8, 4) is 0 Å². The number of amides is 3. The lowest BCUT2D eigenvalue weighted by molar-refractivity contribution is -0.142. The Bertz CT molecular complexity index is 755. The quantitative estimate of drug-likeness (QED) is 0.248. The van der Waals surface area contributed by atoms with Gasteiger partial charge in [-0.05, 0) is 24.8 Å². The number of carboxylic acid groups (broad SMARTS) is 1. The molecule has 1 rings (SSSR count). The Kier molecular flexibility index (Phi) is 10.6. The number of rotatable bonds is 12. The third-order valence-electron chi connectivity index (χ3n) is 4.53. The van der Waals surface area contributed by atoms with E-state index in [9.17, 15) is 29.4 Å². The van der Waals surface area contributed by atoms with Gasteiger partial charge in [0.2, 0.25) is 17.7 Å². The average molecular weight is 437 g/mol. The van der Waals surface area contributed by atoms with Crippen molar-refractivity contribution in [3.63, 3.8) is 0 Å². The molecule has 0 spiro atoms. The summed E-state index contributed by atoms with van der Waals surface area (Å²) < 4.78 is 0. The molecule has 0 saturated carbocycles. The summed E-state index contributed by atoms with van der Waals surface area (Å²) in [5.74, 6) is -3.13. The second-order valence-electron chi connectivity index (χ2n) is 7.80. The van der Waals surface area contributed by atoms with E-state index < -0.39 is 54.5 Å². The molecule has 0 saturated heterocycles.